The molecule has 1 aromatic carbocycles. The van der Waals surface area contributed by atoms with Crippen LogP contribution in [0.1, 0.15) is 37.7 Å². The van der Waals surface area contributed by atoms with Gasteiger partial charge in [0.2, 0.25) is 0 Å². The Hall–Kier alpha value is -1.35. The van der Waals surface area contributed by atoms with Crippen LogP contribution in [0, 0.1) is 6.92 Å². The van der Waals surface area contributed by atoms with Crippen molar-refractivity contribution in [2.45, 2.75) is 45.1 Å². The van der Waals surface area contributed by atoms with E-state index in [0.717, 1.165) is 31.6 Å². The predicted molar refractivity (Wildman–Crippen MR) is 74.5 cm³/mol. The standard InChI is InChI=1S/C16H22O3/c1-13-4-2-5-16(12-13)19-11-9-14(17)7-8-15-6-3-10-18-15/h2,4-5,12,15H,3,6-11H2,1H3. The van der Waals surface area contributed by atoms with E-state index < -0.39 is 0 Å². The molecule has 2 rings (SSSR count). The summed E-state index contributed by atoms with van der Waals surface area (Å²) in [6, 6.07) is 7.89. The van der Waals surface area contributed by atoms with Gasteiger partial charge in [-0.1, -0.05) is 12.1 Å². The number of carbonyl (C=O) groups excluding carboxylic acids is 1. The van der Waals surface area contributed by atoms with Gasteiger partial charge in [0.15, 0.2) is 0 Å². The van der Waals surface area contributed by atoms with Gasteiger partial charge in [-0.25, -0.2) is 0 Å². The van der Waals surface area contributed by atoms with E-state index in [1.807, 2.05) is 31.2 Å². The maximum absolute atomic E-state index is 11.7. The number of carbonyl (C=O) groups is 1. The zero-order valence-electron chi connectivity index (χ0n) is 11.6. The lowest BCUT2D eigenvalue weighted by Gasteiger charge is -2.09. The van der Waals surface area contributed by atoms with Crippen LogP contribution in [0.15, 0.2) is 24.3 Å². The van der Waals surface area contributed by atoms with Gasteiger partial charge < -0.3 is 9.47 Å². The molecule has 104 valence electrons. The Morgan fingerprint density at radius 1 is 1.42 bits per heavy atom. The fraction of sp³-hybridized carbons (Fsp3) is 0.562. The maximum Gasteiger partial charge on any atom is 0.136 e. The molecule has 0 aromatic heterocycles. The summed E-state index contributed by atoms with van der Waals surface area (Å²) in [7, 11) is 0. The fourth-order valence-electron chi connectivity index (χ4n) is 2.31. The Morgan fingerprint density at radius 3 is 3.05 bits per heavy atom. The van der Waals surface area contributed by atoms with Crippen LogP contribution in [0.3, 0.4) is 0 Å². The van der Waals surface area contributed by atoms with Gasteiger partial charge in [-0.2, -0.15) is 0 Å². The number of benzene rings is 1. The number of aryl methyl sites for hydroxylation is 1. The first-order valence-electron chi connectivity index (χ1n) is 7.07. The Morgan fingerprint density at radius 2 is 2.32 bits per heavy atom. The number of ether oxygens (including phenoxy) is 2. The molecule has 0 amide bonds. The Bertz CT molecular complexity index is 408. The molecule has 3 heteroatoms. The van der Waals surface area contributed by atoms with Crippen LogP contribution < -0.4 is 4.74 Å². The second-order valence-corrected chi connectivity index (χ2v) is 5.13. The molecular formula is C16H22O3. The molecule has 1 fully saturated rings. The second kappa shape index (κ2) is 7.29. The summed E-state index contributed by atoms with van der Waals surface area (Å²) in [6.07, 6.45) is 4.51. The smallest absolute Gasteiger partial charge is 0.136 e. The summed E-state index contributed by atoms with van der Waals surface area (Å²) in [4.78, 5) is 11.7. The zero-order chi connectivity index (χ0) is 13.5. The normalized spacial score (nSPS) is 18.5. The summed E-state index contributed by atoms with van der Waals surface area (Å²) in [5.41, 5.74) is 1.17. The lowest BCUT2D eigenvalue weighted by molar-refractivity contribution is -0.120. The molecule has 0 bridgehead atoms. The topological polar surface area (TPSA) is 35.5 Å². The van der Waals surface area contributed by atoms with Gasteiger partial charge in [0.25, 0.3) is 0 Å². The first-order chi connectivity index (χ1) is 9.24. The Labute approximate surface area is 114 Å². The first kappa shape index (κ1) is 14.1. The zero-order valence-corrected chi connectivity index (χ0v) is 11.6. The van der Waals surface area contributed by atoms with Gasteiger partial charge in [-0.05, 0) is 43.9 Å². The van der Waals surface area contributed by atoms with Crippen molar-refractivity contribution in [2.24, 2.45) is 0 Å². The molecular weight excluding hydrogens is 240 g/mol. The van der Waals surface area contributed by atoms with E-state index in [-0.39, 0.29) is 5.78 Å². The lowest BCUT2D eigenvalue weighted by Crippen LogP contribution is -2.11. The number of Topliss-reactive ketones (excluding diaryl/α,β-unsaturated/α-hetero) is 1. The molecule has 0 radical (unpaired) electrons. The highest BCUT2D eigenvalue weighted by atomic mass is 16.5. The average Bonchev–Trinajstić information content (AvgIpc) is 2.89. The van der Waals surface area contributed by atoms with E-state index in [1.165, 1.54) is 5.56 Å². The number of ketones is 1. The molecule has 0 N–H and O–H groups in total. The molecule has 1 atom stereocenters. The van der Waals surface area contributed by atoms with Gasteiger partial charge in [0.1, 0.15) is 11.5 Å². The molecule has 1 aliphatic rings. The molecule has 1 aliphatic heterocycles. The third-order valence-corrected chi connectivity index (χ3v) is 3.41. The highest BCUT2D eigenvalue weighted by molar-refractivity contribution is 5.78. The molecule has 1 unspecified atom stereocenters. The summed E-state index contributed by atoms with van der Waals surface area (Å²) in [6.45, 7) is 3.35. The van der Waals surface area contributed by atoms with Gasteiger partial charge >= 0.3 is 0 Å². The van der Waals surface area contributed by atoms with E-state index in [0.29, 0.717) is 25.6 Å². The highest BCUT2D eigenvalue weighted by Gasteiger charge is 2.16. The minimum Gasteiger partial charge on any atom is -0.493 e. The predicted octanol–water partition coefficient (Wildman–Crippen LogP) is 3.29. The maximum atomic E-state index is 11.7. The van der Waals surface area contributed by atoms with Crippen molar-refractivity contribution >= 4 is 5.78 Å². The minimum absolute atomic E-state index is 0.267. The number of hydrogen-bond acceptors (Lipinski definition) is 3. The minimum atomic E-state index is 0.267. The average molecular weight is 262 g/mol. The molecule has 19 heavy (non-hydrogen) atoms. The van der Waals surface area contributed by atoms with Crippen LogP contribution in [0.2, 0.25) is 0 Å². The highest BCUT2D eigenvalue weighted by Crippen LogP contribution is 2.17. The molecule has 1 heterocycles. The first-order valence-corrected chi connectivity index (χ1v) is 7.07. The van der Waals surface area contributed by atoms with Crippen molar-refractivity contribution in [1.29, 1.82) is 0 Å². The Balaban J connectivity index is 1.60. The quantitative estimate of drug-likeness (QED) is 0.756. The van der Waals surface area contributed by atoms with Crippen molar-refractivity contribution in [3.63, 3.8) is 0 Å². The summed E-state index contributed by atoms with van der Waals surface area (Å²) in [5.74, 6) is 1.11. The largest absolute Gasteiger partial charge is 0.493 e. The van der Waals surface area contributed by atoms with E-state index in [2.05, 4.69) is 0 Å². The Kier molecular flexibility index (Phi) is 5.40. The van der Waals surface area contributed by atoms with Crippen molar-refractivity contribution < 1.29 is 14.3 Å². The number of hydrogen-bond donors (Lipinski definition) is 0. The summed E-state index contributed by atoms with van der Waals surface area (Å²) < 4.78 is 11.1. The van der Waals surface area contributed by atoms with Crippen LogP contribution in [-0.2, 0) is 9.53 Å². The van der Waals surface area contributed by atoms with Crippen molar-refractivity contribution in [1.82, 2.24) is 0 Å². The van der Waals surface area contributed by atoms with Gasteiger partial charge in [-0.3, -0.25) is 4.79 Å². The summed E-state index contributed by atoms with van der Waals surface area (Å²) >= 11 is 0. The van der Waals surface area contributed by atoms with E-state index in [4.69, 9.17) is 9.47 Å². The van der Waals surface area contributed by atoms with Gasteiger partial charge in [0, 0.05) is 19.4 Å². The van der Waals surface area contributed by atoms with Crippen LogP contribution in [-0.4, -0.2) is 25.1 Å². The monoisotopic (exact) mass is 262 g/mol. The van der Waals surface area contributed by atoms with Gasteiger partial charge in [0.05, 0.1) is 12.7 Å². The van der Waals surface area contributed by atoms with E-state index >= 15 is 0 Å². The number of rotatable bonds is 7. The van der Waals surface area contributed by atoms with Crippen LogP contribution in [0.25, 0.3) is 0 Å². The molecule has 1 aromatic rings. The third kappa shape index (κ3) is 5.03. The molecule has 1 saturated heterocycles. The van der Waals surface area contributed by atoms with Crippen molar-refractivity contribution in [3.8, 4) is 5.75 Å². The van der Waals surface area contributed by atoms with Gasteiger partial charge in [-0.15, -0.1) is 0 Å². The summed E-state index contributed by atoms with van der Waals surface area (Å²) in [5, 5.41) is 0. The molecule has 0 spiro atoms. The van der Waals surface area contributed by atoms with Crippen LogP contribution in [0.4, 0.5) is 0 Å². The van der Waals surface area contributed by atoms with Crippen LogP contribution >= 0.6 is 0 Å². The third-order valence-electron chi connectivity index (χ3n) is 3.41. The van der Waals surface area contributed by atoms with Crippen LogP contribution in [0.5, 0.6) is 5.75 Å². The molecule has 0 aliphatic carbocycles. The fourth-order valence-corrected chi connectivity index (χ4v) is 2.31. The lowest BCUT2D eigenvalue weighted by atomic mass is 10.1. The van der Waals surface area contributed by atoms with E-state index in [1.54, 1.807) is 0 Å². The van der Waals surface area contributed by atoms with Crippen molar-refractivity contribution in [3.05, 3.63) is 29.8 Å². The SMILES string of the molecule is Cc1cccc(OCCC(=O)CCC2CCCO2)c1. The second-order valence-electron chi connectivity index (χ2n) is 5.13. The van der Waals surface area contributed by atoms with Crippen molar-refractivity contribution in [2.75, 3.05) is 13.2 Å². The van der Waals surface area contributed by atoms with E-state index in [9.17, 15) is 4.79 Å². The molecule has 0 saturated carbocycles. The molecule has 3 nitrogen and oxygen atoms in total.